The van der Waals surface area contributed by atoms with Crippen LogP contribution in [0.2, 0.25) is 0 Å². The van der Waals surface area contributed by atoms with Crippen molar-refractivity contribution < 1.29 is 4.92 Å². The summed E-state index contributed by atoms with van der Waals surface area (Å²) in [6.07, 6.45) is 0.513. The van der Waals surface area contributed by atoms with Crippen molar-refractivity contribution in [2.75, 3.05) is 0 Å². The Morgan fingerprint density at radius 1 is 1.43 bits per heavy atom. The second-order valence-electron chi connectivity index (χ2n) is 3.20. The van der Waals surface area contributed by atoms with E-state index in [2.05, 4.69) is 0 Å². The quantitative estimate of drug-likeness (QED) is 0.332. The third kappa shape index (κ3) is 2.48. The molecule has 1 unspecified atom stereocenters. The Kier molecular flexibility index (Phi) is 3.52. The monoisotopic (exact) mass is 211 g/mol. The molecule has 1 aromatic carbocycles. The van der Waals surface area contributed by atoms with Gasteiger partial charge < -0.3 is 0 Å². The lowest BCUT2D eigenvalue weighted by Gasteiger charge is -2.17. The average Bonchev–Trinajstić information content (AvgIpc) is 2.19. The largest absolute Gasteiger partial charge is 0.268 e. The first-order chi connectivity index (χ1) is 6.58. The molecule has 0 aliphatic heterocycles. The minimum atomic E-state index is -0.915. The lowest BCUT2D eigenvalue weighted by Crippen LogP contribution is -2.29. The SMILES string of the molecule is CCC(C)(Sc1ccccc1)[N+](=O)[O-]. The molecule has 0 aromatic heterocycles. The maximum absolute atomic E-state index is 10.8. The van der Waals surface area contributed by atoms with Crippen LogP contribution in [0.25, 0.3) is 0 Å². The van der Waals surface area contributed by atoms with Gasteiger partial charge >= 0.3 is 0 Å². The van der Waals surface area contributed by atoms with Gasteiger partial charge in [-0.1, -0.05) is 25.1 Å². The van der Waals surface area contributed by atoms with Crippen molar-refractivity contribution >= 4 is 11.8 Å². The highest BCUT2D eigenvalue weighted by molar-refractivity contribution is 8.00. The summed E-state index contributed by atoms with van der Waals surface area (Å²) in [7, 11) is 0. The van der Waals surface area contributed by atoms with Crippen LogP contribution in [-0.2, 0) is 0 Å². The topological polar surface area (TPSA) is 43.1 Å². The van der Waals surface area contributed by atoms with E-state index in [0.717, 1.165) is 4.90 Å². The zero-order valence-electron chi connectivity index (χ0n) is 8.27. The number of nitro groups is 1. The molecule has 4 heteroatoms. The third-order valence-electron chi connectivity index (χ3n) is 2.12. The van der Waals surface area contributed by atoms with Crippen molar-refractivity contribution in [3.8, 4) is 0 Å². The van der Waals surface area contributed by atoms with E-state index in [-0.39, 0.29) is 4.92 Å². The van der Waals surface area contributed by atoms with E-state index in [4.69, 9.17) is 0 Å². The van der Waals surface area contributed by atoms with E-state index in [9.17, 15) is 10.1 Å². The predicted octanol–water partition coefficient (Wildman–Crippen LogP) is 3.18. The molecule has 1 atom stereocenters. The molecule has 76 valence electrons. The molecule has 0 saturated heterocycles. The highest BCUT2D eigenvalue weighted by Gasteiger charge is 2.36. The Morgan fingerprint density at radius 3 is 2.43 bits per heavy atom. The van der Waals surface area contributed by atoms with Crippen molar-refractivity contribution in [3.63, 3.8) is 0 Å². The molecule has 0 radical (unpaired) electrons. The van der Waals surface area contributed by atoms with Gasteiger partial charge in [0.2, 0.25) is 0 Å². The first kappa shape index (κ1) is 11.0. The van der Waals surface area contributed by atoms with E-state index in [1.165, 1.54) is 11.8 Å². The maximum Gasteiger partial charge on any atom is 0.268 e. The van der Waals surface area contributed by atoms with Crippen LogP contribution in [0.1, 0.15) is 20.3 Å². The van der Waals surface area contributed by atoms with Crippen molar-refractivity contribution in [3.05, 3.63) is 40.4 Å². The Bertz CT molecular complexity index is 315. The molecule has 0 fully saturated rings. The fourth-order valence-corrected chi connectivity index (χ4v) is 2.00. The molecule has 3 nitrogen and oxygen atoms in total. The van der Waals surface area contributed by atoms with E-state index in [1.54, 1.807) is 6.92 Å². The molecule has 0 N–H and O–H groups in total. The molecule has 1 aromatic rings. The van der Waals surface area contributed by atoms with Gasteiger partial charge in [-0.3, -0.25) is 10.1 Å². The molecule has 0 spiro atoms. The molecule has 14 heavy (non-hydrogen) atoms. The second kappa shape index (κ2) is 4.46. The van der Waals surface area contributed by atoms with Gasteiger partial charge in [-0.05, 0) is 23.9 Å². The van der Waals surface area contributed by atoms with Gasteiger partial charge in [-0.25, -0.2) is 0 Å². The number of thioether (sulfide) groups is 1. The van der Waals surface area contributed by atoms with Gasteiger partial charge in [-0.15, -0.1) is 0 Å². The van der Waals surface area contributed by atoms with Crippen molar-refractivity contribution in [2.45, 2.75) is 30.0 Å². The third-order valence-corrected chi connectivity index (χ3v) is 3.51. The summed E-state index contributed by atoms with van der Waals surface area (Å²) >= 11 is 1.30. The molecular weight excluding hydrogens is 198 g/mol. The molecule has 0 aliphatic rings. The minimum absolute atomic E-state index is 0.218. The number of nitrogens with zero attached hydrogens (tertiary/aromatic N) is 1. The first-order valence-corrected chi connectivity index (χ1v) is 5.28. The zero-order valence-corrected chi connectivity index (χ0v) is 9.08. The van der Waals surface area contributed by atoms with Crippen LogP contribution in [0.15, 0.2) is 35.2 Å². The molecule has 0 saturated carbocycles. The molecule has 1 rings (SSSR count). The summed E-state index contributed by atoms with van der Waals surface area (Å²) < 4.78 is 0. The fraction of sp³-hybridized carbons (Fsp3) is 0.400. The summed E-state index contributed by atoms with van der Waals surface area (Å²) in [5.41, 5.74) is 0. The van der Waals surface area contributed by atoms with Gasteiger partial charge in [0.1, 0.15) is 0 Å². The Morgan fingerprint density at radius 2 is 2.00 bits per heavy atom. The fourth-order valence-electron chi connectivity index (χ4n) is 0.981. The number of benzene rings is 1. The van der Waals surface area contributed by atoms with Gasteiger partial charge in [-0.2, -0.15) is 0 Å². The van der Waals surface area contributed by atoms with Gasteiger partial charge in [0, 0.05) is 23.2 Å². The summed E-state index contributed by atoms with van der Waals surface area (Å²) in [5, 5.41) is 10.8. The van der Waals surface area contributed by atoms with E-state index >= 15 is 0 Å². The number of hydrogen-bond donors (Lipinski definition) is 0. The Labute approximate surface area is 87.7 Å². The van der Waals surface area contributed by atoms with Crippen LogP contribution in [0.4, 0.5) is 0 Å². The van der Waals surface area contributed by atoms with Crippen molar-refractivity contribution in [1.29, 1.82) is 0 Å². The standard InChI is InChI=1S/C10H13NO2S/c1-3-10(2,11(12)13)14-9-7-5-4-6-8-9/h4-8H,3H2,1-2H3. The first-order valence-electron chi connectivity index (χ1n) is 4.47. The van der Waals surface area contributed by atoms with Gasteiger partial charge in [0.05, 0.1) is 0 Å². The van der Waals surface area contributed by atoms with Crippen LogP contribution in [-0.4, -0.2) is 9.79 Å². The summed E-state index contributed by atoms with van der Waals surface area (Å²) in [4.78, 5) is 10.6. The molecule has 0 heterocycles. The maximum atomic E-state index is 10.8. The van der Waals surface area contributed by atoms with Gasteiger partial charge in [0.25, 0.3) is 4.87 Å². The lowest BCUT2D eigenvalue weighted by molar-refractivity contribution is -0.534. The van der Waals surface area contributed by atoms with Crippen LogP contribution in [0.5, 0.6) is 0 Å². The Hall–Kier alpha value is -1.03. The second-order valence-corrected chi connectivity index (χ2v) is 4.76. The molecule has 0 amide bonds. The molecule has 0 bridgehead atoms. The predicted molar refractivity (Wildman–Crippen MR) is 58.0 cm³/mol. The van der Waals surface area contributed by atoms with Crippen LogP contribution >= 0.6 is 11.8 Å². The van der Waals surface area contributed by atoms with E-state index < -0.39 is 4.87 Å². The van der Waals surface area contributed by atoms with Crippen LogP contribution in [0.3, 0.4) is 0 Å². The Balaban J connectivity index is 2.81. The zero-order chi connectivity index (χ0) is 10.6. The summed E-state index contributed by atoms with van der Waals surface area (Å²) in [6, 6.07) is 9.46. The number of hydrogen-bond acceptors (Lipinski definition) is 3. The van der Waals surface area contributed by atoms with Crippen molar-refractivity contribution in [2.24, 2.45) is 0 Å². The summed E-state index contributed by atoms with van der Waals surface area (Å²) in [5.74, 6) is 0. The molecule has 0 aliphatic carbocycles. The van der Waals surface area contributed by atoms with Crippen molar-refractivity contribution in [1.82, 2.24) is 0 Å². The smallest absolute Gasteiger partial charge is 0.263 e. The normalized spacial score (nSPS) is 14.7. The minimum Gasteiger partial charge on any atom is -0.263 e. The average molecular weight is 211 g/mol. The number of rotatable bonds is 4. The van der Waals surface area contributed by atoms with Gasteiger partial charge in [0.15, 0.2) is 0 Å². The van der Waals surface area contributed by atoms with E-state index in [1.807, 2.05) is 37.3 Å². The molecular formula is C10H13NO2S. The van der Waals surface area contributed by atoms with Crippen LogP contribution < -0.4 is 0 Å². The van der Waals surface area contributed by atoms with Crippen LogP contribution in [0, 0.1) is 10.1 Å². The lowest BCUT2D eigenvalue weighted by atomic mass is 10.3. The van der Waals surface area contributed by atoms with E-state index in [0.29, 0.717) is 6.42 Å². The summed E-state index contributed by atoms with van der Waals surface area (Å²) in [6.45, 7) is 3.49. The highest BCUT2D eigenvalue weighted by atomic mass is 32.2. The highest BCUT2D eigenvalue weighted by Crippen LogP contribution is 2.35.